The molecule has 0 saturated carbocycles. The monoisotopic (exact) mass is 284 g/mol. The molecule has 0 fully saturated rings. The highest BCUT2D eigenvalue weighted by Gasteiger charge is 2.22. The normalized spacial score (nSPS) is 13.8. The van der Waals surface area contributed by atoms with E-state index in [1.807, 2.05) is 13.0 Å². The van der Waals surface area contributed by atoms with Crippen molar-refractivity contribution in [3.8, 4) is 0 Å². The number of hydrogen-bond acceptors (Lipinski definition) is 3. The summed E-state index contributed by atoms with van der Waals surface area (Å²) in [5.74, 6) is 0.645. The van der Waals surface area contributed by atoms with Crippen molar-refractivity contribution in [2.45, 2.75) is 19.9 Å². The van der Waals surface area contributed by atoms with Gasteiger partial charge in [0, 0.05) is 31.3 Å². The lowest BCUT2D eigenvalue weighted by atomic mass is 9.99. The number of nitrogens with one attached hydrogen (secondary N) is 1. The molecule has 5 nitrogen and oxygen atoms in total. The lowest BCUT2D eigenvalue weighted by Gasteiger charge is -2.26. The lowest BCUT2D eigenvalue weighted by Crippen LogP contribution is -2.35. The number of hydrogen-bond donors (Lipinski definition) is 1. The van der Waals surface area contributed by atoms with Crippen molar-refractivity contribution < 1.29 is 14.0 Å². The van der Waals surface area contributed by atoms with Crippen LogP contribution in [0.5, 0.6) is 0 Å². The highest BCUT2D eigenvalue weighted by molar-refractivity contribution is 6.10. The number of anilines is 1. The summed E-state index contributed by atoms with van der Waals surface area (Å²) in [6, 6.07) is 6.91. The number of carbonyl (C=O) groups is 2. The molecule has 1 aliphatic rings. The predicted octanol–water partition coefficient (Wildman–Crippen LogP) is 3.05. The molecule has 1 aromatic carbocycles. The van der Waals surface area contributed by atoms with Crippen LogP contribution in [0.2, 0.25) is 0 Å². The van der Waals surface area contributed by atoms with E-state index >= 15 is 0 Å². The van der Waals surface area contributed by atoms with Crippen LogP contribution in [0.25, 0.3) is 0 Å². The third kappa shape index (κ3) is 2.31. The summed E-state index contributed by atoms with van der Waals surface area (Å²) in [6.45, 7) is 2.45. The van der Waals surface area contributed by atoms with Gasteiger partial charge in [0.05, 0.1) is 11.8 Å². The van der Waals surface area contributed by atoms with Crippen LogP contribution >= 0.6 is 0 Å². The van der Waals surface area contributed by atoms with Crippen LogP contribution in [-0.4, -0.2) is 23.8 Å². The van der Waals surface area contributed by atoms with Gasteiger partial charge in [0.1, 0.15) is 5.76 Å². The molecule has 1 aliphatic heterocycles. The second-order valence-corrected chi connectivity index (χ2v) is 5.10. The maximum Gasteiger partial charge on any atom is 0.321 e. The molecule has 0 radical (unpaired) electrons. The molecule has 2 heterocycles. The molecular weight excluding hydrogens is 268 g/mol. The van der Waals surface area contributed by atoms with Gasteiger partial charge in [-0.3, -0.25) is 4.79 Å². The molecule has 1 aromatic heterocycles. The highest BCUT2D eigenvalue weighted by Crippen LogP contribution is 2.25. The van der Waals surface area contributed by atoms with E-state index in [1.165, 1.54) is 0 Å². The fourth-order valence-corrected chi connectivity index (χ4v) is 2.50. The molecule has 0 unspecified atom stereocenters. The number of urea groups is 1. The van der Waals surface area contributed by atoms with E-state index in [9.17, 15) is 9.59 Å². The number of amides is 2. The predicted molar refractivity (Wildman–Crippen MR) is 78.4 cm³/mol. The Labute approximate surface area is 122 Å². The smallest absolute Gasteiger partial charge is 0.321 e. The zero-order chi connectivity index (χ0) is 15.0. The van der Waals surface area contributed by atoms with Gasteiger partial charge in [-0.2, -0.15) is 0 Å². The summed E-state index contributed by atoms with van der Waals surface area (Å²) in [5.41, 5.74) is 2.90. The SMILES string of the molecule is CCc1occc1C(=O)c1ccc2c(c1)CN(C)C(=O)N2. The number of fused-ring (bicyclic) bond motifs is 1. The van der Waals surface area contributed by atoms with E-state index in [-0.39, 0.29) is 11.8 Å². The van der Waals surface area contributed by atoms with Gasteiger partial charge < -0.3 is 14.6 Å². The number of furan rings is 1. The van der Waals surface area contributed by atoms with Crippen LogP contribution in [0, 0.1) is 0 Å². The van der Waals surface area contributed by atoms with Crippen molar-refractivity contribution in [1.82, 2.24) is 4.90 Å². The Morgan fingerprint density at radius 1 is 1.38 bits per heavy atom. The van der Waals surface area contributed by atoms with E-state index in [0.29, 0.717) is 29.9 Å². The van der Waals surface area contributed by atoms with E-state index in [2.05, 4.69) is 5.32 Å². The topological polar surface area (TPSA) is 62.6 Å². The average molecular weight is 284 g/mol. The molecule has 0 saturated heterocycles. The first-order valence-corrected chi connectivity index (χ1v) is 6.86. The van der Waals surface area contributed by atoms with Crippen LogP contribution in [-0.2, 0) is 13.0 Å². The third-order valence-corrected chi connectivity index (χ3v) is 3.67. The number of rotatable bonds is 3. The van der Waals surface area contributed by atoms with E-state index < -0.39 is 0 Å². The van der Waals surface area contributed by atoms with Gasteiger partial charge in [-0.05, 0) is 29.8 Å². The van der Waals surface area contributed by atoms with Gasteiger partial charge in [-0.25, -0.2) is 4.79 Å². The Hall–Kier alpha value is -2.56. The number of nitrogens with zero attached hydrogens (tertiary/aromatic N) is 1. The molecule has 0 atom stereocenters. The average Bonchev–Trinajstić information content (AvgIpc) is 2.95. The summed E-state index contributed by atoms with van der Waals surface area (Å²) in [4.78, 5) is 25.7. The van der Waals surface area contributed by atoms with Crippen molar-refractivity contribution in [1.29, 1.82) is 0 Å². The summed E-state index contributed by atoms with van der Waals surface area (Å²) < 4.78 is 5.31. The summed E-state index contributed by atoms with van der Waals surface area (Å²) in [7, 11) is 1.72. The van der Waals surface area contributed by atoms with Gasteiger partial charge >= 0.3 is 6.03 Å². The molecule has 5 heteroatoms. The van der Waals surface area contributed by atoms with Crippen molar-refractivity contribution >= 4 is 17.5 Å². The minimum atomic E-state index is -0.135. The Kier molecular flexibility index (Phi) is 3.25. The Morgan fingerprint density at radius 2 is 2.19 bits per heavy atom. The first-order chi connectivity index (χ1) is 10.1. The van der Waals surface area contributed by atoms with Crippen molar-refractivity contribution in [3.63, 3.8) is 0 Å². The molecule has 108 valence electrons. The van der Waals surface area contributed by atoms with Crippen molar-refractivity contribution in [2.24, 2.45) is 0 Å². The summed E-state index contributed by atoms with van der Waals surface area (Å²) in [6.07, 6.45) is 2.22. The molecule has 2 amide bonds. The number of aryl methyl sites for hydroxylation is 1. The van der Waals surface area contributed by atoms with Crippen molar-refractivity contribution in [3.05, 3.63) is 53.0 Å². The molecule has 21 heavy (non-hydrogen) atoms. The van der Waals surface area contributed by atoms with E-state index in [0.717, 1.165) is 11.3 Å². The Bertz CT molecular complexity index is 718. The standard InChI is InChI=1S/C16H16N2O3/c1-3-14-12(6-7-21-14)15(19)10-4-5-13-11(8-10)9-18(2)16(20)17-13/h4-8H,3,9H2,1-2H3,(H,17,20). The number of carbonyl (C=O) groups excluding carboxylic acids is 2. The Morgan fingerprint density at radius 3 is 2.95 bits per heavy atom. The minimum absolute atomic E-state index is 0.0528. The third-order valence-electron chi connectivity index (χ3n) is 3.67. The second kappa shape index (κ2) is 5.09. The molecule has 2 aromatic rings. The summed E-state index contributed by atoms with van der Waals surface area (Å²) >= 11 is 0. The lowest BCUT2D eigenvalue weighted by molar-refractivity contribution is 0.103. The minimum Gasteiger partial charge on any atom is -0.469 e. The zero-order valence-electron chi connectivity index (χ0n) is 12.0. The second-order valence-electron chi connectivity index (χ2n) is 5.10. The van der Waals surface area contributed by atoms with Gasteiger partial charge in [0.2, 0.25) is 0 Å². The molecule has 0 spiro atoms. The first-order valence-electron chi connectivity index (χ1n) is 6.86. The summed E-state index contributed by atoms with van der Waals surface area (Å²) in [5, 5.41) is 2.79. The fraction of sp³-hybridized carbons (Fsp3) is 0.250. The molecular formula is C16H16N2O3. The van der Waals surface area contributed by atoms with Gasteiger partial charge in [0.15, 0.2) is 5.78 Å². The van der Waals surface area contributed by atoms with Crippen LogP contribution < -0.4 is 5.32 Å². The quantitative estimate of drug-likeness (QED) is 0.881. The number of benzene rings is 1. The maximum absolute atomic E-state index is 12.6. The van der Waals surface area contributed by atoms with Gasteiger partial charge in [-0.15, -0.1) is 0 Å². The molecule has 0 aliphatic carbocycles. The number of ketones is 1. The van der Waals surface area contributed by atoms with Gasteiger partial charge in [-0.1, -0.05) is 6.92 Å². The zero-order valence-corrected chi connectivity index (χ0v) is 12.0. The van der Waals surface area contributed by atoms with Crippen LogP contribution in [0.1, 0.15) is 34.2 Å². The fourth-order valence-electron chi connectivity index (χ4n) is 2.50. The van der Waals surface area contributed by atoms with Crippen LogP contribution in [0.3, 0.4) is 0 Å². The molecule has 3 rings (SSSR count). The van der Waals surface area contributed by atoms with Crippen LogP contribution in [0.4, 0.5) is 10.5 Å². The maximum atomic E-state index is 12.6. The van der Waals surface area contributed by atoms with Crippen LogP contribution in [0.15, 0.2) is 34.9 Å². The first kappa shape index (κ1) is 13.4. The van der Waals surface area contributed by atoms with Gasteiger partial charge in [0.25, 0.3) is 0 Å². The molecule has 1 N–H and O–H groups in total. The highest BCUT2D eigenvalue weighted by atomic mass is 16.3. The Balaban J connectivity index is 1.96. The van der Waals surface area contributed by atoms with E-state index in [4.69, 9.17) is 4.42 Å². The van der Waals surface area contributed by atoms with E-state index in [1.54, 1.807) is 36.4 Å². The van der Waals surface area contributed by atoms with Crippen molar-refractivity contribution in [2.75, 3.05) is 12.4 Å². The largest absolute Gasteiger partial charge is 0.469 e. The molecule has 0 bridgehead atoms.